The van der Waals surface area contributed by atoms with Crippen molar-refractivity contribution in [3.8, 4) is 0 Å². The number of para-hydroxylation sites is 1. The molecule has 2 atom stereocenters. The van der Waals surface area contributed by atoms with Crippen molar-refractivity contribution >= 4 is 24.3 Å². The van der Waals surface area contributed by atoms with Crippen LogP contribution in [0.2, 0.25) is 0 Å². The average Bonchev–Trinajstić information content (AvgIpc) is 2.17. The summed E-state index contributed by atoms with van der Waals surface area (Å²) in [5.74, 6) is -1.97. The van der Waals surface area contributed by atoms with Crippen molar-refractivity contribution in [3.63, 3.8) is 0 Å². The zero-order valence-corrected chi connectivity index (χ0v) is 9.72. The Morgan fingerprint density at radius 3 is 2.56 bits per heavy atom. The first-order valence-corrected chi connectivity index (χ1v) is 6.59. The van der Waals surface area contributed by atoms with E-state index in [1.165, 1.54) is 19.1 Å². The van der Waals surface area contributed by atoms with Crippen LogP contribution in [0.4, 0.5) is 5.69 Å². The van der Waals surface area contributed by atoms with Crippen LogP contribution in [0, 0.1) is 5.92 Å². The molecule has 0 radical (unpaired) electrons. The van der Waals surface area contributed by atoms with Crippen LogP contribution in [0.15, 0.2) is 24.3 Å². The van der Waals surface area contributed by atoms with Crippen molar-refractivity contribution in [1.82, 2.24) is 0 Å². The minimum Gasteiger partial charge on any atom is -0.481 e. The monoisotopic (exact) mass is 243 g/mol. The molecule has 0 bridgehead atoms. The molecule has 0 aliphatic heterocycles. The molecule has 16 heavy (non-hydrogen) atoms. The largest absolute Gasteiger partial charge is 0.481 e. The van der Waals surface area contributed by atoms with Crippen molar-refractivity contribution in [3.05, 3.63) is 24.3 Å². The van der Waals surface area contributed by atoms with Crippen molar-refractivity contribution in [2.75, 3.05) is 11.9 Å². The molecule has 4 N–H and O–H groups in total. The highest BCUT2D eigenvalue weighted by atomic mass is 31.2. The molecule has 1 unspecified atom stereocenters. The molecule has 0 heterocycles. The summed E-state index contributed by atoms with van der Waals surface area (Å²) < 4.78 is 12.0. The maximum absolute atomic E-state index is 12.0. The second kappa shape index (κ2) is 4.68. The second-order valence-corrected chi connectivity index (χ2v) is 5.93. The third-order valence-corrected chi connectivity index (χ3v) is 4.46. The molecular formula is C10H14NO4P. The van der Waals surface area contributed by atoms with Gasteiger partial charge in [-0.05, 0) is 12.1 Å². The molecule has 0 fully saturated rings. The van der Waals surface area contributed by atoms with E-state index in [0.717, 1.165) is 0 Å². The normalized spacial score (nSPS) is 16.4. The maximum Gasteiger partial charge on any atom is 0.306 e. The molecule has 0 aliphatic carbocycles. The highest BCUT2D eigenvalue weighted by Crippen LogP contribution is 2.42. The van der Waals surface area contributed by atoms with Gasteiger partial charge in [0, 0.05) is 11.8 Å². The molecule has 1 aromatic rings. The van der Waals surface area contributed by atoms with Gasteiger partial charge in [-0.3, -0.25) is 9.36 Å². The number of carboxylic acids is 1. The van der Waals surface area contributed by atoms with Crippen LogP contribution in [0.3, 0.4) is 0 Å². The standard InChI is InChI=1S/C10H14NO4P/c1-7(10(12)13)6-16(14,15)9-5-3-2-4-8(9)11/h2-5,7H,6,11H2,1H3,(H,12,13)(H,14,15)/t7-/m0/s1. The van der Waals surface area contributed by atoms with Crippen LogP contribution in [0.1, 0.15) is 6.92 Å². The molecule has 1 aromatic carbocycles. The van der Waals surface area contributed by atoms with E-state index in [4.69, 9.17) is 10.8 Å². The molecule has 0 amide bonds. The van der Waals surface area contributed by atoms with Crippen LogP contribution < -0.4 is 11.0 Å². The van der Waals surface area contributed by atoms with E-state index in [1.807, 2.05) is 0 Å². The molecule has 0 aliphatic rings. The van der Waals surface area contributed by atoms with Crippen LogP contribution >= 0.6 is 7.37 Å². The molecule has 0 aromatic heterocycles. The zero-order valence-electron chi connectivity index (χ0n) is 8.83. The Balaban J connectivity index is 2.99. The van der Waals surface area contributed by atoms with Gasteiger partial charge in [-0.1, -0.05) is 19.1 Å². The van der Waals surface area contributed by atoms with Gasteiger partial charge < -0.3 is 15.7 Å². The average molecular weight is 243 g/mol. The van der Waals surface area contributed by atoms with Crippen LogP contribution in [0.5, 0.6) is 0 Å². The number of carboxylic acid groups (broad SMARTS) is 1. The number of hydrogen-bond donors (Lipinski definition) is 3. The number of aliphatic carboxylic acids is 1. The van der Waals surface area contributed by atoms with Gasteiger partial charge in [0.2, 0.25) is 7.37 Å². The lowest BCUT2D eigenvalue weighted by molar-refractivity contribution is -0.140. The molecule has 5 nitrogen and oxygen atoms in total. The Hall–Kier alpha value is -1.32. The van der Waals surface area contributed by atoms with E-state index in [2.05, 4.69) is 0 Å². The first-order valence-electron chi connectivity index (χ1n) is 4.74. The van der Waals surface area contributed by atoms with Gasteiger partial charge in [0.05, 0.1) is 11.2 Å². The van der Waals surface area contributed by atoms with Gasteiger partial charge in [0.1, 0.15) is 0 Å². The summed E-state index contributed by atoms with van der Waals surface area (Å²) in [6.07, 6.45) is -0.309. The van der Waals surface area contributed by atoms with E-state index in [1.54, 1.807) is 12.1 Å². The summed E-state index contributed by atoms with van der Waals surface area (Å²) in [7, 11) is -3.70. The third kappa shape index (κ3) is 2.84. The molecule has 0 spiro atoms. The van der Waals surface area contributed by atoms with E-state index in [9.17, 15) is 14.3 Å². The fraction of sp³-hybridized carbons (Fsp3) is 0.300. The van der Waals surface area contributed by atoms with Gasteiger partial charge in [-0.2, -0.15) is 0 Å². The van der Waals surface area contributed by atoms with E-state index in [0.29, 0.717) is 0 Å². The van der Waals surface area contributed by atoms with Crippen molar-refractivity contribution < 1.29 is 19.4 Å². The number of nitrogens with two attached hydrogens (primary N) is 1. The third-order valence-electron chi connectivity index (χ3n) is 2.26. The quantitative estimate of drug-likeness (QED) is 0.538. The second-order valence-electron chi connectivity index (χ2n) is 3.68. The van der Waals surface area contributed by atoms with Crippen molar-refractivity contribution in [2.45, 2.75) is 6.92 Å². The number of nitrogen functional groups attached to an aromatic ring is 1. The lowest BCUT2D eigenvalue weighted by atomic mass is 10.2. The fourth-order valence-electron chi connectivity index (χ4n) is 1.35. The van der Waals surface area contributed by atoms with Gasteiger partial charge in [0.15, 0.2) is 0 Å². The van der Waals surface area contributed by atoms with Crippen molar-refractivity contribution in [2.24, 2.45) is 5.92 Å². The number of carbonyl (C=O) groups is 1. The Labute approximate surface area is 93.4 Å². The van der Waals surface area contributed by atoms with Gasteiger partial charge in [0.25, 0.3) is 0 Å². The summed E-state index contributed by atoms with van der Waals surface area (Å²) in [5.41, 5.74) is 5.79. The molecular weight excluding hydrogens is 229 g/mol. The summed E-state index contributed by atoms with van der Waals surface area (Å²) in [6.45, 7) is 1.39. The minimum absolute atomic E-state index is 0.128. The highest BCUT2D eigenvalue weighted by molar-refractivity contribution is 7.66. The summed E-state index contributed by atoms with van der Waals surface area (Å²) in [4.78, 5) is 20.4. The Morgan fingerprint density at radius 2 is 2.06 bits per heavy atom. The number of hydrogen-bond acceptors (Lipinski definition) is 3. The predicted octanol–water partition coefficient (Wildman–Crippen LogP) is 0.885. The summed E-state index contributed by atoms with van der Waals surface area (Å²) >= 11 is 0. The highest BCUT2D eigenvalue weighted by Gasteiger charge is 2.28. The topological polar surface area (TPSA) is 101 Å². The zero-order chi connectivity index (χ0) is 12.3. The molecule has 88 valence electrons. The van der Waals surface area contributed by atoms with Gasteiger partial charge >= 0.3 is 5.97 Å². The molecule has 0 saturated carbocycles. The number of anilines is 1. The summed E-state index contributed by atoms with van der Waals surface area (Å²) in [6, 6.07) is 6.22. The van der Waals surface area contributed by atoms with Crippen LogP contribution in [-0.2, 0) is 9.36 Å². The van der Waals surface area contributed by atoms with Gasteiger partial charge in [-0.25, -0.2) is 0 Å². The van der Waals surface area contributed by atoms with E-state index in [-0.39, 0.29) is 17.2 Å². The summed E-state index contributed by atoms with van der Waals surface area (Å²) in [5, 5.41) is 8.83. The lowest BCUT2D eigenvalue weighted by Gasteiger charge is -2.15. The van der Waals surface area contributed by atoms with Crippen LogP contribution in [-0.4, -0.2) is 22.1 Å². The Morgan fingerprint density at radius 1 is 1.50 bits per heavy atom. The Bertz CT molecular complexity index is 446. The molecule has 1 rings (SSSR count). The van der Waals surface area contributed by atoms with E-state index >= 15 is 0 Å². The lowest BCUT2D eigenvalue weighted by Crippen LogP contribution is -2.20. The van der Waals surface area contributed by atoms with Crippen LogP contribution in [0.25, 0.3) is 0 Å². The molecule has 6 heteroatoms. The Kier molecular flexibility index (Phi) is 3.73. The van der Waals surface area contributed by atoms with E-state index < -0.39 is 19.3 Å². The SMILES string of the molecule is C[C@@H](CP(=O)(O)c1ccccc1N)C(=O)O. The smallest absolute Gasteiger partial charge is 0.306 e. The first-order chi connectivity index (χ1) is 7.34. The number of rotatable bonds is 4. The molecule has 0 saturated heterocycles. The predicted molar refractivity (Wildman–Crippen MR) is 62.0 cm³/mol. The minimum atomic E-state index is -3.70. The van der Waals surface area contributed by atoms with Crippen molar-refractivity contribution in [1.29, 1.82) is 0 Å². The fourth-order valence-corrected chi connectivity index (χ4v) is 3.25. The first kappa shape index (κ1) is 12.7. The number of benzene rings is 1. The maximum atomic E-state index is 12.0. The van der Waals surface area contributed by atoms with Gasteiger partial charge in [-0.15, -0.1) is 0 Å².